The quantitative estimate of drug-likeness (QED) is 0.773. The molecule has 0 saturated carbocycles. The number of aromatic nitrogens is 2. The van der Waals surface area contributed by atoms with Gasteiger partial charge in [0.05, 0.1) is 18.1 Å². The van der Waals surface area contributed by atoms with Crippen molar-refractivity contribution in [3.05, 3.63) is 59.7 Å². The van der Waals surface area contributed by atoms with Gasteiger partial charge in [0.1, 0.15) is 6.10 Å². The van der Waals surface area contributed by atoms with Gasteiger partial charge in [0.25, 0.3) is 0 Å². The monoisotopic (exact) mass is 311 g/mol. The Kier molecular flexibility index (Phi) is 4.25. The first-order valence-corrected chi connectivity index (χ1v) is 7.13. The van der Waals surface area contributed by atoms with Crippen LogP contribution in [0.1, 0.15) is 17.2 Å². The predicted molar refractivity (Wildman–Crippen MR) is 87.4 cm³/mol. The maximum Gasteiger partial charge on any atom is 0.413 e. The first kappa shape index (κ1) is 15.1. The summed E-state index contributed by atoms with van der Waals surface area (Å²) in [5.41, 5.74) is 3.64. The number of hydrogen-bond donors (Lipinski definition) is 2. The Balaban J connectivity index is 1.94. The Hall–Kier alpha value is -2.86. The minimum atomic E-state index is -0.566. The van der Waals surface area contributed by atoms with E-state index in [4.69, 9.17) is 4.74 Å². The topological polar surface area (TPSA) is 76.2 Å². The summed E-state index contributed by atoms with van der Waals surface area (Å²) in [5.74, 6) is 0.345. The number of aromatic amines is 1. The number of methoxy groups -OCH3 is 2. The summed E-state index contributed by atoms with van der Waals surface area (Å²) in [4.78, 5) is 18.6. The first-order chi connectivity index (χ1) is 11.2. The third kappa shape index (κ3) is 3.17. The van der Waals surface area contributed by atoms with Gasteiger partial charge in [0, 0.05) is 7.11 Å². The summed E-state index contributed by atoms with van der Waals surface area (Å²) in [7, 11) is 2.98. The standard InChI is InChI=1S/C17H17N3O3/c1-22-15(11-6-4-3-5-7-11)12-8-9-13-14(10-12)19-16(18-13)20-17(21)23-2/h3-10,15H,1-2H3,(H2,18,19,20,21). The van der Waals surface area contributed by atoms with Crippen LogP contribution in [0.4, 0.5) is 10.7 Å². The number of carbonyl (C=O) groups excluding carboxylic acids is 1. The van der Waals surface area contributed by atoms with Gasteiger partial charge in [0.15, 0.2) is 0 Å². The van der Waals surface area contributed by atoms with E-state index in [2.05, 4.69) is 20.0 Å². The number of hydrogen-bond acceptors (Lipinski definition) is 4. The number of amides is 1. The molecule has 3 aromatic rings. The lowest BCUT2D eigenvalue weighted by Gasteiger charge is -2.16. The Labute approximate surface area is 133 Å². The molecule has 6 nitrogen and oxygen atoms in total. The molecule has 0 spiro atoms. The SMILES string of the molecule is COC(=O)Nc1nc2ccc(C(OC)c3ccccc3)cc2[nH]1. The number of fused-ring (bicyclic) bond motifs is 1. The summed E-state index contributed by atoms with van der Waals surface area (Å²) < 4.78 is 10.2. The number of imidazole rings is 1. The molecule has 0 aliphatic rings. The molecule has 1 atom stereocenters. The van der Waals surface area contributed by atoms with Gasteiger partial charge in [-0.15, -0.1) is 0 Å². The normalized spacial score (nSPS) is 12.1. The molecule has 2 N–H and O–H groups in total. The molecule has 23 heavy (non-hydrogen) atoms. The van der Waals surface area contributed by atoms with E-state index in [-0.39, 0.29) is 6.10 Å². The lowest BCUT2D eigenvalue weighted by Crippen LogP contribution is -2.11. The van der Waals surface area contributed by atoms with Crippen molar-refractivity contribution in [1.29, 1.82) is 0 Å². The van der Waals surface area contributed by atoms with E-state index < -0.39 is 6.09 Å². The summed E-state index contributed by atoms with van der Waals surface area (Å²) in [6.45, 7) is 0. The lowest BCUT2D eigenvalue weighted by atomic mass is 10.0. The Morgan fingerprint density at radius 2 is 1.91 bits per heavy atom. The van der Waals surface area contributed by atoms with E-state index >= 15 is 0 Å². The molecule has 1 unspecified atom stereocenters. The Morgan fingerprint density at radius 3 is 2.61 bits per heavy atom. The van der Waals surface area contributed by atoms with Gasteiger partial charge in [-0.2, -0.15) is 0 Å². The van der Waals surface area contributed by atoms with Crippen LogP contribution in [0.5, 0.6) is 0 Å². The Bertz CT molecular complexity index is 814. The Morgan fingerprint density at radius 1 is 1.13 bits per heavy atom. The fourth-order valence-corrected chi connectivity index (χ4v) is 2.49. The fourth-order valence-electron chi connectivity index (χ4n) is 2.49. The second-order valence-electron chi connectivity index (χ2n) is 5.01. The number of carbonyl (C=O) groups is 1. The molecule has 2 aromatic carbocycles. The van der Waals surface area contributed by atoms with Crippen molar-refractivity contribution < 1.29 is 14.3 Å². The van der Waals surface area contributed by atoms with Gasteiger partial charge in [-0.25, -0.2) is 9.78 Å². The van der Waals surface area contributed by atoms with E-state index in [9.17, 15) is 4.79 Å². The summed E-state index contributed by atoms with van der Waals surface area (Å²) >= 11 is 0. The molecular formula is C17H17N3O3. The number of nitrogens with zero attached hydrogens (tertiary/aromatic N) is 1. The molecule has 0 fully saturated rings. The van der Waals surface area contributed by atoms with Gasteiger partial charge >= 0.3 is 6.09 Å². The number of anilines is 1. The highest BCUT2D eigenvalue weighted by Gasteiger charge is 2.15. The van der Waals surface area contributed by atoms with Crippen LogP contribution < -0.4 is 5.32 Å². The summed E-state index contributed by atoms with van der Waals surface area (Å²) in [6, 6.07) is 15.8. The second kappa shape index (κ2) is 6.50. The van der Waals surface area contributed by atoms with Crippen LogP contribution in [0.2, 0.25) is 0 Å². The third-order valence-corrected chi connectivity index (χ3v) is 3.55. The zero-order valence-corrected chi connectivity index (χ0v) is 12.9. The highest BCUT2D eigenvalue weighted by molar-refractivity contribution is 5.86. The minimum Gasteiger partial charge on any atom is -0.453 e. The first-order valence-electron chi connectivity index (χ1n) is 7.13. The average molecular weight is 311 g/mol. The molecule has 6 heteroatoms. The van der Waals surface area contributed by atoms with Crippen LogP contribution in [0.15, 0.2) is 48.5 Å². The van der Waals surface area contributed by atoms with Gasteiger partial charge in [-0.05, 0) is 23.3 Å². The van der Waals surface area contributed by atoms with Gasteiger partial charge in [-0.1, -0.05) is 36.4 Å². The maximum absolute atomic E-state index is 11.3. The van der Waals surface area contributed by atoms with E-state index in [1.165, 1.54) is 7.11 Å². The predicted octanol–water partition coefficient (Wildman–Crippen LogP) is 3.48. The molecule has 3 rings (SSSR count). The van der Waals surface area contributed by atoms with Crippen molar-refractivity contribution in [3.8, 4) is 0 Å². The highest BCUT2D eigenvalue weighted by atomic mass is 16.5. The molecule has 0 bridgehead atoms. The van der Waals surface area contributed by atoms with Crippen molar-refractivity contribution in [3.63, 3.8) is 0 Å². The molecule has 0 radical (unpaired) electrons. The zero-order valence-electron chi connectivity index (χ0n) is 12.9. The number of H-pyrrole nitrogens is 1. The molecule has 0 saturated heterocycles. The van der Waals surface area contributed by atoms with Crippen LogP contribution in [-0.4, -0.2) is 30.3 Å². The van der Waals surface area contributed by atoms with Crippen molar-refractivity contribution in [2.75, 3.05) is 19.5 Å². The maximum atomic E-state index is 11.3. The third-order valence-electron chi connectivity index (χ3n) is 3.55. The molecule has 1 aromatic heterocycles. The highest BCUT2D eigenvalue weighted by Crippen LogP contribution is 2.27. The lowest BCUT2D eigenvalue weighted by molar-refractivity contribution is 0.136. The molecule has 0 aliphatic carbocycles. The van der Waals surface area contributed by atoms with E-state index in [0.29, 0.717) is 5.95 Å². The average Bonchev–Trinajstić information content (AvgIpc) is 2.98. The van der Waals surface area contributed by atoms with Crippen LogP contribution >= 0.6 is 0 Å². The number of benzene rings is 2. The minimum absolute atomic E-state index is 0.166. The van der Waals surface area contributed by atoms with Crippen LogP contribution in [0.3, 0.4) is 0 Å². The molecule has 1 heterocycles. The zero-order chi connectivity index (χ0) is 16.2. The van der Waals surface area contributed by atoms with Crippen molar-refractivity contribution >= 4 is 23.1 Å². The molecular weight excluding hydrogens is 294 g/mol. The fraction of sp³-hybridized carbons (Fsp3) is 0.176. The number of nitrogens with one attached hydrogen (secondary N) is 2. The number of ether oxygens (including phenoxy) is 2. The smallest absolute Gasteiger partial charge is 0.413 e. The van der Waals surface area contributed by atoms with E-state index in [0.717, 1.165) is 22.2 Å². The van der Waals surface area contributed by atoms with Gasteiger partial charge in [-0.3, -0.25) is 5.32 Å². The molecule has 1 amide bonds. The van der Waals surface area contributed by atoms with Gasteiger partial charge in [0.2, 0.25) is 5.95 Å². The second-order valence-corrected chi connectivity index (χ2v) is 5.01. The van der Waals surface area contributed by atoms with Crippen LogP contribution in [0.25, 0.3) is 11.0 Å². The van der Waals surface area contributed by atoms with Crippen LogP contribution in [0, 0.1) is 0 Å². The summed E-state index contributed by atoms with van der Waals surface area (Å²) in [6.07, 6.45) is -0.732. The largest absolute Gasteiger partial charge is 0.453 e. The number of rotatable bonds is 4. The molecule has 118 valence electrons. The van der Waals surface area contributed by atoms with Crippen LogP contribution in [-0.2, 0) is 9.47 Å². The van der Waals surface area contributed by atoms with Crippen molar-refractivity contribution in [1.82, 2.24) is 9.97 Å². The molecule has 0 aliphatic heterocycles. The van der Waals surface area contributed by atoms with E-state index in [1.54, 1.807) is 7.11 Å². The van der Waals surface area contributed by atoms with Gasteiger partial charge < -0.3 is 14.5 Å². The van der Waals surface area contributed by atoms with Crippen molar-refractivity contribution in [2.45, 2.75) is 6.10 Å². The van der Waals surface area contributed by atoms with E-state index in [1.807, 2.05) is 48.5 Å². The summed E-state index contributed by atoms with van der Waals surface area (Å²) in [5, 5.41) is 2.52. The van der Waals surface area contributed by atoms with Crippen molar-refractivity contribution in [2.24, 2.45) is 0 Å².